The molecule has 9 atom stereocenters. The summed E-state index contributed by atoms with van der Waals surface area (Å²) >= 11 is 0. The van der Waals surface area contributed by atoms with Crippen LogP contribution in [-0.4, -0.2) is 22.4 Å². The predicted molar refractivity (Wildman–Crippen MR) is 120 cm³/mol. The molecule has 0 bridgehead atoms. The van der Waals surface area contributed by atoms with Crippen molar-refractivity contribution in [3.8, 4) is 0 Å². The second kappa shape index (κ2) is 7.97. The van der Waals surface area contributed by atoms with Crippen LogP contribution < -0.4 is 0 Å². The van der Waals surface area contributed by atoms with E-state index in [1.165, 1.54) is 44.9 Å². The number of rotatable bonds is 5. The van der Waals surface area contributed by atoms with Gasteiger partial charge in [-0.15, -0.1) is 0 Å². The Morgan fingerprint density at radius 1 is 1.00 bits per heavy atom. The van der Waals surface area contributed by atoms with E-state index in [2.05, 4.69) is 40.7 Å². The molecule has 0 aromatic rings. The van der Waals surface area contributed by atoms with Crippen LogP contribution in [0.4, 0.5) is 0 Å². The third-order valence-electron chi connectivity index (χ3n) is 10.5. The quantitative estimate of drug-likeness (QED) is 0.525. The minimum absolute atomic E-state index is 0.0994. The molecule has 0 aromatic carbocycles. The fraction of sp³-hybridized carbons (Fsp3) is 0.926. The van der Waals surface area contributed by atoms with Crippen LogP contribution in [0.5, 0.6) is 0 Å². The SMILES string of the molecule is CC(CC[C@@H](O)C(C)C)C1CCC2C3CC=C4C[C@@H](O)CC[C@@]4(C)C3CC[C@@]12C. The maximum absolute atomic E-state index is 10.3. The zero-order chi connectivity index (χ0) is 21.0. The van der Waals surface area contributed by atoms with Crippen LogP contribution in [0.1, 0.15) is 98.8 Å². The second-order valence-electron chi connectivity index (χ2n) is 12.3. The zero-order valence-electron chi connectivity index (χ0n) is 19.7. The average Bonchev–Trinajstić information content (AvgIpc) is 3.03. The lowest BCUT2D eigenvalue weighted by Gasteiger charge is -2.58. The van der Waals surface area contributed by atoms with Gasteiger partial charge < -0.3 is 10.2 Å². The van der Waals surface area contributed by atoms with E-state index in [9.17, 15) is 10.2 Å². The topological polar surface area (TPSA) is 40.5 Å². The van der Waals surface area contributed by atoms with Crippen molar-refractivity contribution in [3.05, 3.63) is 11.6 Å². The van der Waals surface area contributed by atoms with Crippen LogP contribution in [0.2, 0.25) is 0 Å². The molecule has 2 N–H and O–H groups in total. The van der Waals surface area contributed by atoms with Gasteiger partial charge in [0.05, 0.1) is 12.2 Å². The van der Waals surface area contributed by atoms with E-state index >= 15 is 0 Å². The minimum Gasteiger partial charge on any atom is -0.393 e. The summed E-state index contributed by atoms with van der Waals surface area (Å²) in [4.78, 5) is 0. The zero-order valence-corrected chi connectivity index (χ0v) is 19.7. The molecule has 0 amide bonds. The van der Waals surface area contributed by atoms with E-state index in [-0.39, 0.29) is 12.2 Å². The van der Waals surface area contributed by atoms with Crippen molar-refractivity contribution in [2.45, 2.75) is 111 Å². The lowest BCUT2D eigenvalue weighted by atomic mass is 9.47. The highest BCUT2D eigenvalue weighted by Gasteiger charge is 2.59. The fourth-order valence-corrected chi connectivity index (χ4v) is 8.59. The molecule has 2 nitrogen and oxygen atoms in total. The highest BCUT2D eigenvalue weighted by Crippen LogP contribution is 2.67. The van der Waals surface area contributed by atoms with E-state index in [4.69, 9.17) is 0 Å². The molecule has 0 heterocycles. The highest BCUT2D eigenvalue weighted by atomic mass is 16.3. The van der Waals surface area contributed by atoms with E-state index in [1.54, 1.807) is 5.57 Å². The summed E-state index contributed by atoms with van der Waals surface area (Å²) in [6, 6.07) is 0. The third kappa shape index (κ3) is 3.65. The smallest absolute Gasteiger partial charge is 0.0577 e. The molecule has 0 radical (unpaired) electrons. The Bertz CT molecular complexity index is 624. The minimum atomic E-state index is -0.137. The van der Waals surface area contributed by atoms with Crippen LogP contribution in [0.25, 0.3) is 0 Å². The Hall–Kier alpha value is -0.340. The lowest BCUT2D eigenvalue weighted by Crippen LogP contribution is -2.50. The summed E-state index contributed by atoms with van der Waals surface area (Å²) in [5, 5.41) is 20.5. The van der Waals surface area contributed by atoms with E-state index in [0.717, 1.165) is 48.9 Å². The van der Waals surface area contributed by atoms with Gasteiger partial charge in [-0.05, 0) is 111 Å². The Kier molecular flexibility index (Phi) is 6.01. The molecule has 4 aliphatic rings. The standard InChI is InChI=1S/C27H46O2/c1-17(2)25(29)11-6-18(3)22-9-10-23-21-8-7-19-16-20(28)12-14-26(19,4)24(21)13-15-27(22,23)5/h7,17-18,20-25,28-29H,6,8-16H2,1-5H3/t18?,20-,21?,22?,23?,24?,25+,26+,27-/m0/s1. The summed E-state index contributed by atoms with van der Waals surface area (Å²) in [5.74, 6) is 4.51. The van der Waals surface area contributed by atoms with Gasteiger partial charge in [-0.1, -0.05) is 46.3 Å². The third-order valence-corrected chi connectivity index (χ3v) is 10.5. The normalized spacial score (nSPS) is 46.5. The molecule has 0 aromatic heterocycles. The van der Waals surface area contributed by atoms with Crippen molar-refractivity contribution in [2.24, 2.45) is 46.3 Å². The molecule has 0 saturated heterocycles. The van der Waals surface area contributed by atoms with Gasteiger partial charge in [0.25, 0.3) is 0 Å². The first-order valence-corrected chi connectivity index (χ1v) is 12.7. The summed E-state index contributed by atoms with van der Waals surface area (Å²) in [5.41, 5.74) is 2.44. The maximum atomic E-state index is 10.3. The van der Waals surface area contributed by atoms with Crippen molar-refractivity contribution in [3.63, 3.8) is 0 Å². The van der Waals surface area contributed by atoms with Crippen molar-refractivity contribution in [1.82, 2.24) is 0 Å². The number of aliphatic hydroxyl groups is 2. The number of hydrogen-bond acceptors (Lipinski definition) is 2. The van der Waals surface area contributed by atoms with Gasteiger partial charge in [-0.3, -0.25) is 0 Å². The molecule has 0 aliphatic heterocycles. The van der Waals surface area contributed by atoms with Gasteiger partial charge in [0, 0.05) is 0 Å². The maximum Gasteiger partial charge on any atom is 0.0577 e. The van der Waals surface area contributed by atoms with Crippen molar-refractivity contribution in [2.75, 3.05) is 0 Å². The van der Waals surface area contributed by atoms with Gasteiger partial charge in [0.15, 0.2) is 0 Å². The molecule has 3 fully saturated rings. The summed E-state index contributed by atoms with van der Waals surface area (Å²) in [6.45, 7) is 11.9. The average molecular weight is 403 g/mol. The van der Waals surface area contributed by atoms with Gasteiger partial charge in [0.1, 0.15) is 0 Å². The van der Waals surface area contributed by atoms with Crippen LogP contribution in [0.3, 0.4) is 0 Å². The Morgan fingerprint density at radius 2 is 1.76 bits per heavy atom. The van der Waals surface area contributed by atoms with Gasteiger partial charge in [-0.2, -0.15) is 0 Å². The number of allylic oxidation sites excluding steroid dienone is 1. The number of hydrogen-bond donors (Lipinski definition) is 2. The predicted octanol–water partition coefficient (Wildman–Crippen LogP) is 6.36. The molecule has 0 spiro atoms. The molecular formula is C27H46O2. The van der Waals surface area contributed by atoms with E-state index in [1.807, 2.05) is 0 Å². The summed E-state index contributed by atoms with van der Waals surface area (Å²) in [6.07, 6.45) is 14.4. The van der Waals surface area contributed by atoms with Crippen molar-refractivity contribution < 1.29 is 10.2 Å². The molecule has 4 rings (SSSR count). The molecule has 29 heavy (non-hydrogen) atoms. The molecule has 5 unspecified atom stereocenters. The van der Waals surface area contributed by atoms with Gasteiger partial charge >= 0.3 is 0 Å². The van der Waals surface area contributed by atoms with Crippen molar-refractivity contribution >= 4 is 0 Å². The molecule has 3 saturated carbocycles. The number of fused-ring (bicyclic) bond motifs is 5. The van der Waals surface area contributed by atoms with Crippen LogP contribution >= 0.6 is 0 Å². The van der Waals surface area contributed by atoms with Crippen LogP contribution in [0.15, 0.2) is 11.6 Å². The van der Waals surface area contributed by atoms with Gasteiger partial charge in [-0.25, -0.2) is 0 Å². The molecule has 4 aliphatic carbocycles. The van der Waals surface area contributed by atoms with Crippen LogP contribution in [0, 0.1) is 46.3 Å². The molecule has 166 valence electrons. The van der Waals surface area contributed by atoms with Gasteiger partial charge in [0.2, 0.25) is 0 Å². The molecule has 2 heteroatoms. The summed E-state index contributed by atoms with van der Waals surface area (Å²) < 4.78 is 0. The Morgan fingerprint density at radius 3 is 2.48 bits per heavy atom. The highest BCUT2D eigenvalue weighted by molar-refractivity contribution is 5.25. The fourth-order valence-electron chi connectivity index (χ4n) is 8.59. The van der Waals surface area contributed by atoms with Crippen molar-refractivity contribution in [1.29, 1.82) is 0 Å². The Balaban J connectivity index is 1.49. The first-order chi connectivity index (χ1) is 13.7. The first-order valence-electron chi connectivity index (χ1n) is 12.7. The largest absolute Gasteiger partial charge is 0.393 e. The first kappa shape index (κ1) is 21.9. The second-order valence-corrected chi connectivity index (χ2v) is 12.3. The number of aliphatic hydroxyl groups excluding tert-OH is 2. The van der Waals surface area contributed by atoms with Crippen LogP contribution in [-0.2, 0) is 0 Å². The Labute approximate surface area is 179 Å². The molecular weight excluding hydrogens is 356 g/mol. The monoisotopic (exact) mass is 402 g/mol. The van der Waals surface area contributed by atoms with E-state index < -0.39 is 0 Å². The van der Waals surface area contributed by atoms with E-state index in [0.29, 0.717) is 16.7 Å². The lowest BCUT2D eigenvalue weighted by molar-refractivity contribution is -0.0579. The summed E-state index contributed by atoms with van der Waals surface area (Å²) in [7, 11) is 0.